The monoisotopic (exact) mass is 334 g/mol. The molecule has 0 aromatic heterocycles. The van der Waals surface area contributed by atoms with Crippen LogP contribution < -0.4 is 4.74 Å². The number of aliphatic hydroxyl groups excluding tert-OH is 1. The average molecular weight is 334 g/mol. The number of aliphatic carboxylic acids is 1. The third-order valence-electron chi connectivity index (χ3n) is 4.03. The molecule has 1 heterocycles. The molecule has 126 valence electrons. The Morgan fingerprint density at radius 1 is 1.04 bits per heavy atom. The van der Waals surface area contributed by atoms with Gasteiger partial charge >= 0.3 is 5.97 Å². The third-order valence-corrected chi connectivity index (χ3v) is 4.03. The molecule has 0 saturated carbocycles. The molecule has 0 spiro atoms. The van der Waals surface area contributed by atoms with Crippen LogP contribution in [0, 0.1) is 0 Å². The van der Waals surface area contributed by atoms with E-state index >= 15 is 0 Å². The van der Waals surface area contributed by atoms with Crippen LogP contribution in [0.5, 0.6) is 28.7 Å². The highest BCUT2D eigenvalue weighted by Gasteiger charge is 2.53. The fourth-order valence-electron chi connectivity index (χ4n) is 2.81. The molecule has 6 N–H and O–H groups in total. The van der Waals surface area contributed by atoms with E-state index in [1.807, 2.05) is 0 Å². The molecule has 0 amide bonds. The Hall–Kier alpha value is -3.13. The van der Waals surface area contributed by atoms with Crippen molar-refractivity contribution in [2.45, 2.75) is 18.1 Å². The maximum atomic E-state index is 11.9. The molecule has 0 fully saturated rings. The van der Waals surface area contributed by atoms with Gasteiger partial charge in [0.15, 0.2) is 11.5 Å². The van der Waals surface area contributed by atoms with Crippen molar-refractivity contribution in [2.24, 2.45) is 0 Å². The van der Waals surface area contributed by atoms with Crippen molar-refractivity contribution >= 4 is 5.97 Å². The number of phenols is 4. The number of carbonyl (C=O) groups is 1. The number of fused-ring (bicyclic) bond motifs is 1. The molecular formula is C16H14O8. The zero-order chi connectivity index (χ0) is 17.6. The van der Waals surface area contributed by atoms with Crippen LogP contribution in [0.15, 0.2) is 30.3 Å². The van der Waals surface area contributed by atoms with Gasteiger partial charge in [0.1, 0.15) is 23.4 Å². The Kier molecular flexibility index (Phi) is 3.42. The lowest BCUT2D eigenvalue weighted by molar-refractivity contribution is -0.171. The highest BCUT2D eigenvalue weighted by molar-refractivity contribution is 5.82. The molecule has 2 atom stereocenters. The third kappa shape index (κ3) is 2.16. The predicted molar refractivity (Wildman–Crippen MR) is 79.2 cm³/mol. The standard InChI is InChI=1S/C16H14O8/c17-8-4-11(19)9-6-14(21)16(15(22)23,24-13(9)5-8)7-1-2-10(18)12(20)3-7/h1-5,14,17-21H,6H2,(H,22,23). The maximum Gasteiger partial charge on any atom is 0.355 e. The fraction of sp³-hybridized carbons (Fsp3) is 0.188. The Bertz CT molecular complexity index is 831. The van der Waals surface area contributed by atoms with Crippen LogP contribution in [0.3, 0.4) is 0 Å². The molecule has 1 aliphatic rings. The summed E-state index contributed by atoms with van der Waals surface area (Å²) in [7, 11) is 0. The van der Waals surface area contributed by atoms with E-state index in [2.05, 4.69) is 0 Å². The number of carboxylic acids is 1. The van der Waals surface area contributed by atoms with Gasteiger partial charge in [-0.25, -0.2) is 4.79 Å². The molecule has 0 bridgehead atoms. The number of ether oxygens (including phenoxy) is 1. The molecule has 0 radical (unpaired) electrons. The molecule has 0 aliphatic carbocycles. The minimum absolute atomic E-state index is 0.104. The minimum atomic E-state index is -2.28. The first-order valence-corrected chi connectivity index (χ1v) is 6.93. The first-order chi connectivity index (χ1) is 11.3. The Morgan fingerprint density at radius 3 is 2.38 bits per heavy atom. The van der Waals surface area contributed by atoms with Gasteiger partial charge in [0, 0.05) is 29.7 Å². The van der Waals surface area contributed by atoms with Gasteiger partial charge < -0.3 is 35.4 Å². The SMILES string of the molecule is O=C(O)C1(c2ccc(O)c(O)c2)Oc2cc(O)cc(O)c2CC1O. The van der Waals surface area contributed by atoms with Gasteiger partial charge in [-0.1, -0.05) is 6.07 Å². The van der Waals surface area contributed by atoms with E-state index < -0.39 is 29.2 Å². The summed E-state index contributed by atoms with van der Waals surface area (Å²) in [5.74, 6) is -3.35. The van der Waals surface area contributed by atoms with Gasteiger partial charge in [-0.15, -0.1) is 0 Å². The molecule has 0 saturated heterocycles. The van der Waals surface area contributed by atoms with Crippen LogP contribution in [0.25, 0.3) is 0 Å². The fourth-order valence-corrected chi connectivity index (χ4v) is 2.81. The number of benzene rings is 2. The largest absolute Gasteiger partial charge is 0.508 e. The number of carboxylic acid groups (broad SMARTS) is 1. The normalized spacial score (nSPS) is 22.5. The first-order valence-electron chi connectivity index (χ1n) is 6.93. The van der Waals surface area contributed by atoms with Gasteiger partial charge in [-0.2, -0.15) is 0 Å². The molecule has 8 nitrogen and oxygen atoms in total. The summed E-state index contributed by atoms with van der Waals surface area (Å²) >= 11 is 0. The van der Waals surface area contributed by atoms with E-state index in [0.29, 0.717) is 0 Å². The van der Waals surface area contributed by atoms with Crippen molar-refractivity contribution in [3.8, 4) is 28.7 Å². The number of rotatable bonds is 2. The molecule has 3 rings (SSSR count). The van der Waals surface area contributed by atoms with E-state index in [4.69, 9.17) is 4.74 Å². The van der Waals surface area contributed by atoms with E-state index in [9.17, 15) is 35.4 Å². The summed E-state index contributed by atoms with van der Waals surface area (Å²) in [4.78, 5) is 11.9. The minimum Gasteiger partial charge on any atom is -0.508 e. The quantitative estimate of drug-likeness (QED) is 0.442. The van der Waals surface area contributed by atoms with Crippen LogP contribution >= 0.6 is 0 Å². The number of aromatic hydroxyl groups is 4. The van der Waals surface area contributed by atoms with Crippen molar-refractivity contribution < 1.29 is 40.2 Å². The predicted octanol–water partition coefficient (Wildman–Crippen LogP) is 0.785. The van der Waals surface area contributed by atoms with Crippen LogP contribution in [-0.2, 0) is 16.8 Å². The summed E-state index contributed by atoms with van der Waals surface area (Å²) in [5, 5.41) is 58.5. The van der Waals surface area contributed by atoms with Crippen molar-refractivity contribution in [2.75, 3.05) is 0 Å². The molecule has 2 aromatic rings. The second-order valence-electron chi connectivity index (χ2n) is 5.51. The van der Waals surface area contributed by atoms with E-state index in [1.54, 1.807) is 0 Å². The van der Waals surface area contributed by atoms with E-state index in [1.165, 1.54) is 6.07 Å². The van der Waals surface area contributed by atoms with E-state index in [0.717, 1.165) is 24.3 Å². The molecule has 2 unspecified atom stereocenters. The lowest BCUT2D eigenvalue weighted by atomic mass is 9.82. The summed E-state index contributed by atoms with van der Waals surface area (Å²) in [6.07, 6.45) is -1.85. The zero-order valence-electron chi connectivity index (χ0n) is 12.2. The molecule has 8 heteroatoms. The maximum absolute atomic E-state index is 11.9. The first kappa shape index (κ1) is 15.8. The van der Waals surface area contributed by atoms with Crippen LogP contribution in [-0.4, -0.2) is 42.7 Å². The summed E-state index contributed by atoms with van der Waals surface area (Å²) in [5.41, 5.74) is -2.23. The molecule has 24 heavy (non-hydrogen) atoms. The number of phenolic OH excluding ortho intramolecular Hbond substituents is 4. The lowest BCUT2D eigenvalue weighted by Gasteiger charge is -2.39. The summed E-state index contributed by atoms with van der Waals surface area (Å²) < 4.78 is 5.47. The topological polar surface area (TPSA) is 148 Å². The van der Waals surface area contributed by atoms with Crippen molar-refractivity contribution in [3.05, 3.63) is 41.5 Å². The van der Waals surface area contributed by atoms with Crippen molar-refractivity contribution in [3.63, 3.8) is 0 Å². The summed E-state index contributed by atoms with van der Waals surface area (Å²) in [6, 6.07) is 5.41. The molecular weight excluding hydrogens is 320 g/mol. The van der Waals surface area contributed by atoms with Gasteiger partial charge in [0.25, 0.3) is 5.60 Å². The summed E-state index contributed by atoms with van der Waals surface area (Å²) in [6.45, 7) is 0. The van der Waals surface area contributed by atoms with Crippen LogP contribution in [0.1, 0.15) is 11.1 Å². The smallest absolute Gasteiger partial charge is 0.355 e. The van der Waals surface area contributed by atoms with Gasteiger partial charge in [0.2, 0.25) is 0 Å². The van der Waals surface area contributed by atoms with E-state index in [-0.39, 0.29) is 34.8 Å². The Balaban J connectivity index is 2.20. The van der Waals surface area contributed by atoms with Gasteiger partial charge in [0.05, 0.1) is 0 Å². The highest BCUT2D eigenvalue weighted by Crippen LogP contribution is 2.46. The lowest BCUT2D eigenvalue weighted by Crippen LogP contribution is -2.54. The average Bonchev–Trinajstić information content (AvgIpc) is 2.50. The Morgan fingerprint density at radius 2 is 1.75 bits per heavy atom. The van der Waals surface area contributed by atoms with Gasteiger partial charge in [-0.05, 0) is 12.1 Å². The highest BCUT2D eigenvalue weighted by atomic mass is 16.5. The number of aliphatic hydroxyl groups is 1. The zero-order valence-corrected chi connectivity index (χ0v) is 12.2. The van der Waals surface area contributed by atoms with Crippen LogP contribution in [0.4, 0.5) is 0 Å². The molecule has 2 aromatic carbocycles. The number of hydrogen-bond acceptors (Lipinski definition) is 7. The Labute approximate surface area is 135 Å². The number of hydrogen-bond donors (Lipinski definition) is 6. The van der Waals surface area contributed by atoms with Crippen LogP contribution in [0.2, 0.25) is 0 Å². The molecule has 1 aliphatic heterocycles. The second-order valence-corrected chi connectivity index (χ2v) is 5.51. The van der Waals surface area contributed by atoms with Gasteiger partial charge in [-0.3, -0.25) is 0 Å². The second kappa shape index (κ2) is 5.20. The van der Waals surface area contributed by atoms with Crippen molar-refractivity contribution in [1.29, 1.82) is 0 Å². The van der Waals surface area contributed by atoms with Crippen molar-refractivity contribution in [1.82, 2.24) is 0 Å².